The zero-order chi connectivity index (χ0) is 37.3. The van der Waals surface area contributed by atoms with Crippen molar-refractivity contribution in [3.05, 3.63) is 76.1 Å². The smallest absolute Gasteiger partial charge is 0.329 e. The Hall–Kier alpha value is -3.14. The van der Waals surface area contributed by atoms with Gasteiger partial charge in [0.15, 0.2) is 11.5 Å². The lowest BCUT2D eigenvalue weighted by Crippen LogP contribution is -2.53. The van der Waals surface area contributed by atoms with Crippen molar-refractivity contribution in [2.45, 2.75) is 101 Å². The number of aryl methyl sites for hydroxylation is 1. The standard InChI is InChI=1S/C44H56ClN3O5S/c1-29(26-51-39-10-17-46-38-9-4-3-8-36(38)39)20-32-21-31-22-40-41(53-28-30(27-52-40)25-48(2)35-11-18-54-19-12-35)24-37(31)43(32)13-15-44(16-14-43,42(49)50)47-34-7-5-6-33(45)23-34/h5-7,10,17,22-24,29-30,32,35,47H,3-4,8-9,11-16,18-21,25-28H2,1-2H3,(H,49,50)/t29-,30?,32?,43?,44?/m1/s1. The number of hydrogen-bond donors (Lipinski definition) is 2. The van der Waals surface area contributed by atoms with Crippen LogP contribution in [-0.4, -0.2) is 77.5 Å². The van der Waals surface area contributed by atoms with Gasteiger partial charge in [-0.25, -0.2) is 4.79 Å². The van der Waals surface area contributed by atoms with Gasteiger partial charge in [0, 0.05) is 46.7 Å². The first-order valence-electron chi connectivity index (χ1n) is 20.3. The van der Waals surface area contributed by atoms with E-state index in [4.69, 9.17) is 25.8 Å². The molecule has 10 heteroatoms. The Balaban J connectivity index is 1.02. The third-order valence-corrected chi connectivity index (χ3v) is 14.6. The van der Waals surface area contributed by atoms with Crippen molar-refractivity contribution in [1.82, 2.24) is 9.88 Å². The van der Waals surface area contributed by atoms with Crippen LogP contribution in [0.1, 0.15) is 87.1 Å². The molecule has 0 amide bonds. The van der Waals surface area contributed by atoms with Gasteiger partial charge >= 0.3 is 5.97 Å². The van der Waals surface area contributed by atoms with Crippen LogP contribution in [0.25, 0.3) is 0 Å². The number of ether oxygens (including phenoxy) is 3. The van der Waals surface area contributed by atoms with Crippen LogP contribution in [0, 0.1) is 17.8 Å². The molecule has 290 valence electrons. The Morgan fingerprint density at radius 3 is 2.59 bits per heavy atom. The van der Waals surface area contributed by atoms with E-state index < -0.39 is 11.5 Å². The van der Waals surface area contributed by atoms with E-state index in [1.54, 1.807) is 0 Å². The number of carbonyl (C=O) groups is 1. The number of pyridine rings is 1. The van der Waals surface area contributed by atoms with Crippen LogP contribution in [-0.2, 0) is 29.5 Å². The molecule has 2 unspecified atom stereocenters. The quantitative estimate of drug-likeness (QED) is 0.198. The van der Waals surface area contributed by atoms with Gasteiger partial charge < -0.3 is 29.5 Å². The zero-order valence-electron chi connectivity index (χ0n) is 31.9. The fourth-order valence-electron chi connectivity index (χ4n) is 10.2. The van der Waals surface area contributed by atoms with Crippen molar-refractivity contribution in [2.24, 2.45) is 17.8 Å². The Bertz CT molecular complexity index is 1810. The van der Waals surface area contributed by atoms with Crippen LogP contribution in [0.15, 0.2) is 48.7 Å². The van der Waals surface area contributed by atoms with Crippen molar-refractivity contribution in [1.29, 1.82) is 0 Å². The molecule has 3 heterocycles. The number of hydrogen-bond acceptors (Lipinski definition) is 8. The number of fused-ring (bicyclic) bond motifs is 4. The maximum Gasteiger partial charge on any atom is 0.329 e. The van der Waals surface area contributed by atoms with Gasteiger partial charge in [-0.2, -0.15) is 11.8 Å². The van der Waals surface area contributed by atoms with E-state index in [2.05, 4.69) is 53.1 Å². The normalized spacial score (nSPS) is 27.2. The van der Waals surface area contributed by atoms with Crippen LogP contribution < -0.4 is 19.5 Å². The number of aromatic nitrogens is 1. The Morgan fingerprint density at radius 1 is 1.07 bits per heavy atom. The third-order valence-electron chi connectivity index (χ3n) is 13.3. The van der Waals surface area contributed by atoms with Gasteiger partial charge in [-0.15, -0.1) is 0 Å². The number of nitrogens with one attached hydrogen (secondary N) is 1. The molecule has 3 atom stereocenters. The fourth-order valence-corrected chi connectivity index (χ4v) is 11.5. The summed E-state index contributed by atoms with van der Waals surface area (Å²) >= 11 is 8.39. The Kier molecular flexibility index (Phi) is 11.3. The molecular weight excluding hydrogens is 718 g/mol. The van der Waals surface area contributed by atoms with Gasteiger partial charge in [-0.1, -0.05) is 24.6 Å². The number of benzene rings is 2. The van der Waals surface area contributed by atoms with Gasteiger partial charge in [-0.05, 0) is 160 Å². The van der Waals surface area contributed by atoms with E-state index in [1.165, 1.54) is 59.6 Å². The lowest BCUT2D eigenvalue weighted by molar-refractivity contribution is -0.144. The van der Waals surface area contributed by atoms with Crippen molar-refractivity contribution in [2.75, 3.05) is 50.2 Å². The summed E-state index contributed by atoms with van der Waals surface area (Å²) in [4.78, 5) is 20.2. The molecular formula is C44H56ClN3O5S. The summed E-state index contributed by atoms with van der Waals surface area (Å²) in [5, 5.41) is 14.7. The van der Waals surface area contributed by atoms with Crippen LogP contribution >= 0.6 is 23.4 Å². The molecule has 1 aromatic heterocycles. The topological polar surface area (TPSA) is 93.2 Å². The van der Waals surface area contributed by atoms with E-state index in [0.717, 1.165) is 68.0 Å². The molecule has 5 aliphatic rings. The molecule has 0 radical (unpaired) electrons. The van der Waals surface area contributed by atoms with Crippen LogP contribution in [0.3, 0.4) is 0 Å². The number of carboxylic acid groups (broad SMARTS) is 1. The highest BCUT2D eigenvalue weighted by Gasteiger charge is 2.54. The van der Waals surface area contributed by atoms with Crippen molar-refractivity contribution in [3.63, 3.8) is 0 Å². The summed E-state index contributed by atoms with van der Waals surface area (Å²) in [5.74, 6) is 5.31. The molecule has 2 aromatic carbocycles. The summed E-state index contributed by atoms with van der Waals surface area (Å²) in [6.07, 6.45) is 13.3. The van der Waals surface area contributed by atoms with E-state index in [-0.39, 0.29) is 5.41 Å². The van der Waals surface area contributed by atoms with Crippen LogP contribution in [0.4, 0.5) is 5.69 Å². The first-order valence-corrected chi connectivity index (χ1v) is 21.8. The second-order valence-electron chi connectivity index (χ2n) is 16.9. The molecule has 8 rings (SSSR count). The van der Waals surface area contributed by atoms with Gasteiger partial charge in [0.05, 0.1) is 19.8 Å². The number of carboxylic acids is 1. The summed E-state index contributed by atoms with van der Waals surface area (Å²) in [6.45, 7) is 5.20. The summed E-state index contributed by atoms with van der Waals surface area (Å²) < 4.78 is 19.7. The maximum atomic E-state index is 13.1. The van der Waals surface area contributed by atoms with Gasteiger partial charge in [0.25, 0.3) is 0 Å². The highest BCUT2D eigenvalue weighted by molar-refractivity contribution is 7.99. The SMILES string of the molecule is C[C@@H](COc1ccnc2c1CCCC2)CC1Cc2cc3c(cc2C12CCC(Nc1cccc(Cl)c1)(C(=O)O)CC2)OCC(CN(C)C1CCSCC1)CO3. The molecule has 3 aromatic rings. The molecule has 0 bridgehead atoms. The maximum absolute atomic E-state index is 13.1. The minimum absolute atomic E-state index is 0.169. The van der Waals surface area contributed by atoms with E-state index in [9.17, 15) is 9.90 Å². The number of halogens is 1. The number of thioether (sulfide) groups is 1. The number of rotatable bonds is 11. The summed E-state index contributed by atoms with van der Waals surface area (Å²) in [6, 6.07) is 14.6. The molecule has 1 saturated heterocycles. The monoisotopic (exact) mass is 773 g/mol. The van der Waals surface area contributed by atoms with Crippen LogP contribution in [0.2, 0.25) is 5.02 Å². The molecule has 1 saturated carbocycles. The van der Waals surface area contributed by atoms with E-state index in [1.807, 2.05) is 36.5 Å². The lowest BCUT2D eigenvalue weighted by Gasteiger charge is -2.47. The summed E-state index contributed by atoms with van der Waals surface area (Å²) in [5.41, 5.74) is 4.62. The van der Waals surface area contributed by atoms with Crippen molar-refractivity contribution in [3.8, 4) is 17.2 Å². The highest BCUT2D eigenvalue weighted by atomic mass is 35.5. The molecule has 3 aliphatic carbocycles. The molecule has 2 aliphatic heterocycles. The van der Waals surface area contributed by atoms with Crippen LogP contribution in [0.5, 0.6) is 17.2 Å². The molecule has 2 N–H and O–H groups in total. The second-order valence-corrected chi connectivity index (χ2v) is 18.6. The molecule has 8 nitrogen and oxygen atoms in total. The van der Waals surface area contributed by atoms with Crippen molar-refractivity contribution >= 4 is 35.0 Å². The lowest BCUT2D eigenvalue weighted by atomic mass is 9.59. The van der Waals surface area contributed by atoms with Gasteiger partial charge in [-0.3, -0.25) is 4.98 Å². The minimum atomic E-state index is -1.07. The third kappa shape index (κ3) is 7.79. The second kappa shape index (κ2) is 16.1. The minimum Gasteiger partial charge on any atom is -0.493 e. The van der Waals surface area contributed by atoms with Crippen molar-refractivity contribution < 1.29 is 24.1 Å². The Morgan fingerprint density at radius 2 is 1.83 bits per heavy atom. The highest BCUT2D eigenvalue weighted by Crippen LogP contribution is 2.58. The molecule has 2 fully saturated rings. The number of aliphatic carboxylic acids is 1. The first kappa shape index (κ1) is 37.8. The Labute approximate surface area is 330 Å². The summed E-state index contributed by atoms with van der Waals surface area (Å²) in [7, 11) is 2.26. The zero-order valence-corrected chi connectivity index (χ0v) is 33.5. The average molecular weight is 774 g/mol. The predicted molar refractivity (Wildman–Crippen MR) is 217 cm³/mol. The fraction of sp³-hybridized carbons (Fsp3) is 0.591. The largest absolute Gasteiger partial charge is 0.493 e. The number of nitrogens with zero attached hydrogens (tertiary/aromatic N) is 2. The average Bonchev–Trinajstić information content (AvgIpc) is 3.31. The molecule has 54 heavy (non-hydrogen) atoms. The predicted octanol–water partition coefficient (Wildman–Crippen LogP) is 8.85. The van der Waals surface area contributed by atoms with Gasteiger partial charge in [0.1, 0.15) is 11.3 Å². The first-order chi connectivity index (χ1) is 26.2. The van der Waals surface area contributed by atoms with Gasteiger partial charge in [0.2, 0.25) is 0 Å². The molecule has 1 spiro atoms. The van der Waals surface area contributed by atoms with E-state index in [0.29, 0.717) is 61.5 Å². The number of anilines is 1. The van der Waals surface area contributed by atoms with E-state index >= 15 is 0 Å².